The second kappa shape index (κ2) is 13.4. The molecule has 2 aromatic carbocycles. The Morgan fingerprint density at radius 2 is 1.87 bits per heavy atom. The monoisotopic (exact) mass is 534 g/mol. The van der Waals surface area contributed by atoms with Crippen molar-refractivity contribution in [3.05, 3.63) is 65.2 Å². The molecule has 1 fully saturated rings. The lowest BCUT2D eigenvalue weighted by Gasteiger charge is -2.26. The minimum atomic E-state index is -0.181. The van der Waals surface area contributed by atoms with E-state index in [1.807, 2.05) is 0 Å². The molecule has 0 aromatic heterocycles. The average Bonchev–Trinajstić information content (AvgIpc) is 3.21. The van der Waals surface area contributed by atoms with Crippen molar-refractivity contribution >= 4 is 45.8 Å². The summed E-state index contributed by atoms with van der Waals surface area (Å²) < 4.78 is 0. The molecule has 0 saturated carbocycles. The molecule has 202 valence electrons. The molecule has 1 atom stereocenters. The number of aryl methyl sites for hydroxylation is 2. The fourth-order valence-corrected chi connectivity index (χ4v) is 5.21. The maximum absolute atomic E-state index is 12.7. The number of aliphatic imine (C=N–C) groups is 2. The summed E-state index contributed by atoms with van der Waals surface area (Å²) in [7, 11) is 1.73. The number of thioether (sulfide) groups is 1. The van der Waals surface area contributed by atoms with Gasteiger partial charge >= 0.3 is 0 Å². The van der Waals surface area contributed by atoms with Crippen LogP contribution in [0.1, 0.15) is 48.2 Å². The first-order chi connectivity index (χ1) is 18.1. The number of carbonyl (C=O) groups excluding carboxylic acids is 2. The molecule has 38 heavy (non-hydrogen) atoms. The van der Waals surface area contributed by atoms with Crippen LogP contribution in [0.4, 0.5) is 11.4 Å². The second-order valence-corrected chi connectivity index (χ2v) is 10.8. The van der Waals surface area contributed by atoms with E-state index in [0.717, 1.165) is 48.1 Å². The Kier molecular flexibility index (Phi) is 10.3. The molecule has 1 aliphatic heterocycles. The van der Waals surface area contributed by atoms with Gasteiger partial charge in [-0.1, -0.05) is 31.3 Å². The van der Waals surface area contributed by atoms with Crippen LogP contribution in [0.5, 0.6) is 0 Å². The lowest BCUT2D eigenvalue weighted by molar-refractivity contribution is -0.109. The van der Waals surface area contributed by atoms with Crippen molar-refractivity contribution in [2.75, 3.05) is 37.7 Å². The van der Waals surface area contributed by atoms with E-state index in [9.17, 15) is 9.59 Å². The molecular formula is C29H38N6O2S. The van der Waals surface area contributed by atoms with Crippen LogP contribution in [0.3, 0.4) is 0 Å². The van der Waals surface area contributed by atoms with Gasteiger partial charge in [-0.25, -0.2) is 4.99 Å². The average molecular weight is 535 g/mol. The molecule has 1 saturated heterocycles. The first-order valence-electron chi connectivity index (χ1n) is 12.8. The molecule has 4 N–H and O–H groups in total. The van der Waals surface area contributed by atoms with Crippen LogP contribution in [0.25, 0.3) is 0 Å². The Labute approximate surface area is 229 Å². The molecule has 0 bridgehead atoms. The number of likely N-dealkylation sites (tertiary alicyclic amines) is 1. The summed E-state index contributed by atoms with van der Waals surface area (Å²) in [5.74, 6) is 0.374. The highest BCUT2D eigenvalue weighted by atomic mass is 32.2. The number of amides is 1. The Hall–Kier alpha value is -3.43. The van der Waals surface area contributed by atoms with Gasteiger partial charge in [-0.15, -0.1) is 0 Å². The third-order valence-electron chi connectivity index (χ3n) is 6.37. The van der Waals surface area contributed by atoms with Crippen molar-refractivity contribution in [1.29, 1.82) is 0 Å². The molecular weight excluding hydrogens is 496 g/mol. The van der Waals surface area contributed by atoms with E-state index < -0.39 is 0 Å². The van der Waals surface area contributed by atoms with Crippen molar-refractivity contribution in [3.8, 4) is 0 Å². The van der Waals surface area contributed by atoms with Crippen molar-refractivity contribution < 1.29 is 9.59 Å². The number of hydrogen-bond donors (Lipinski definition) is 3. The van der Waals surface area contributed by atoms with Crippen LogP contribution in [0, 0.1) is 13.8 Å². The third kappa shape index (κ3) is 8.03. The van der Waals surface area contributed by atoms with E-state index in [-0.39, 0.29) is 17.1 Å². The quantitative estimate of drug-likeness (QED) is 0.194. The van der Waals surface area contributed by atoms with E-state index in [1.54, 1.807) is 25.2 Å². The molecule has 0 radical (unpaired) electrons. The minimum Gasteiger partial charge on any atom is -0.398 e. The summed E-state index contributed by atoms with van der Waals surface area (Å²) >= 11 is 1.03. The van der Waals surface area contributed by atoms with E-state index >= 15 is 0 Å². The minimum absolute atomic E-state index is 0.0754. The van der Waals surface area contributed by atoms with Crippen molar-refractivity contribution in [2.24, 2.45) is 9.98 Å². The van der Waals surface area contributed by atoms with Gasteiger partial charge in [0.25, 0.3) is 5.91 Å². The van der Waals surface area contributed by atoms with E-state index in [2.05, 4.69) is 66.1 Å². The number of hydrogen-bond acceptors (Lipinski definition) is 6. The summed E-state index contributed by atoms with van der Waals surface area (Å²) in [5.41, 5.74) is 12.1. The second-order valence-electron chi connectivity index (χ2n) is 9.57. The van der Waals surface area contributed by atoms with Gasteiger partial charge in [0, 0.05) is 61.5 Å². The number of nitrogen functional groups attached to an aromatic ring is 1. The Balaban J connectivity index is 1.58. The number of nitrogens with one attached hydrogen (secondary N) is 2. The summed E-state index contributed by atoms with van der Waals surface area (Å²) in [6.07, 6.45) is 1.73. The number of nitrogens with zero attached hydrogens (tertiary/aromatic N) is 3. The standard InChI is InChI=1S/C29H38N6O2S/c1-7-24(10-11-32-28(37)22-8-9-25(30)27(15-22)38-21(5)36)35-16-20(4)26(17-35)34-29(31-6)33-23-13-18(2)12-19(3)14-23/h8-9,12-15,24H,4,7,10-11,16-17,30H2,1-3,5-6H3,(H,31,33)(H,32,37). The van der Waals surface area contributed by atoms with E-state index in [4.69, 9.17) is 10.7 Å². The van der Waals surface area contributed by atoms with Gasteiger partial charge in [0.05, 0.1) is 5.71 Å². The molecule has 1 unspecified atom stereocenters. The zero-order chi connectivity index (χ0) is 27.8. The molecule has 2 aromatic rings. The first kappa shape index (κ1) is 29.1. The van der Waals surface area contributed by atoms with Crippen LogP contribution in [0.2, 0.25) is 0 Å². The number of rotatable bonds is 8. The van der Waals surface area contributed by atoms with Crippen molar-refractivity contribution in [1.82, 2.24) is 10.2 Å². The fraction of sp³-hybridized carbons (Fsp3) is 0.379. The van der Waals surface area contributed by atoms with Gasteiger partial charge in [0.1, 0.15) is 0 Å². The fourth-order valence-electron chi connectivity index (χ4n) is 4.52. The van der Waals surface area contributed by atoms with Crippen molar-refractivity contribution in [2.45, 2.75) is 51.5 Å². The Bertz CT molecular complexity index is 1250. The zero-order valence-corrected chi connectivity index (χ0v) is 23.7. The molecule has 1 aliphatic rings. The van der Waals surface area contributed by atoms with Crippen LogP contribution >= 0.6 is 11.8 Å². The lowest BCUT2D eigenvalue weighted by atomic mass is 10.1. The summed E-state index contributed by atoms with van der Waals surface area (Å²) in [5, 5.41) is 6.25. The molecule has 0 spiro atoms. The summed E-state index contributed by atoms with van der Waals surface area (Å²) in [6, 6.07) is 11.5. The smallest absolute Gasteiger partial charge is 0.251 e. The predicted octanol–water partition coefficient (Wildman–Crippen LogP) is 4.83. The third-order valence-corrected chi connectivity index (χ3v) is 7.23. The number of guanidine groups is 1. The van der Waals surface area contributed by atoms with Gasteiger partial charge < -0.3 is 16.4 Å². The van der Waals surface area contributed by atoms with Gasteiger partial charge in [-0.05, 0) is 73.7 Å². The highest BCUT2D eigenvalue weighted by molar-refractivity contribution is 8.13. The molecule has 1 amide bonds. The van der Waals surface area contributed by atoms with E-state index in [1.165, 1.54) is 18.1 Å². The van der Waals surface area contributed by atoms with Crippen LogP contribution in [0.15, 0.2) is 63.4 Å². The molecule has 8 nitrogen and oxygen atoms in total. The largest absolute Gasteiger partial charge is 0.398 e. The number of benzene rings is 2. The topological polar surface area (TPSA) is 112 Å². The number of carbonyl (C=O) groups is 2. The number of nitrogens with two attached hydrogens (primary N) is 1. The Morgan fingerprint density at radius 3 is 2.50 bits per heavy atom. The van der Waals surface area contributed by atoms with Crippen LogP contribution < -0.4 is 16.4 Å². The molecule has 9 heteroatoms. The van der Waals surface area contributed by atoms with E-state index in [0.29, 0.717) is 35.2 Å². The maximum Gasteiger partial charge on any atom is 0.251 e. The zero-order valence-electron chi connectivity index (χ0n) is 22.9. The van der Waals surface area contributed by atoms with Crippen LogP contribution in [-0.4, -0.2) is 60.3 Å². The highest BCUT2D eigenvalue weighted by Gasteiger charge is 2.27. The first-order valence-corrected chi connectivity index (χ1v) is 13.6. The SMILES string of the molecule is C=C1CN(C(CC)CCNC(=O)c2ccc(N)c(SC(C)=O)c2)CC1=NC(=NC)Nc1cc(C)cc(C)c1. The summed E-state index contributed by atoms with van der Waals surface area (Å²) in [6.45, 7) is 13.9. The number of anilines is 2. The molecule has 0 aliphatic carbocycles. The molecule has 1 heterocycles. The summed E-state index contributed by atoms with van der Waals surface area (Å²) in [4.78, 5) is 36.3. The predicted molar refractivity (Wildman–Crippen MR) is 159 cm³/mol. The van der Waals surface area contributed by atoms with Gasteiger partial charge in [0.2, 0.25) is 5.96 Å². The van der Waals surface area contributed by atoms with Crippen molar-refractivity contribution in [3.63, 3.8) is 0 Å². The Morgan fingerprint density at radius 1 is 1.16 bits per heavy atom. The van der Waals surface area contributed by atoms with Crippen LogP contribution in [-0.2, 0) is 4.79 Å². The normalized spacial score (nSPS) is 16.1. The van der Waals surface area contributed by atoms with Gasteiger partial charge in [0.15, 0.2) is 5.12 Å². The van der Waals surface area contributed by atoms with Gasteiger partial charge in [-0.3, -0.25) is 19.5 Å². The van der Waals surface area contributed by atoms with Gasteiger partial charge in [-0.2, -0.15) is 0 Å². The maximum atomic E-state index is 12.7. The lowest BCUT2D eigenvalue weighted by Crippen LogP contribution is -2.36. The highest BCUT2D eigenvalue weighted by Crippen LogP contribution is 2.27. The molecule has 3 rings (SSSR count).